The van der Waals surface area contributed by atoms with Gasteiger partial charge in [-0.25, -0.2) is 0 Å². The quantitative estimate of drug-likeness (QED) is 0.837. The zero-order chi connectivity index (χ0) is 13.0. The van der Waals surface area contributed by atoms with Crippen LogP contribution in [0.1, 0.15) is 45.4 Å². The second-order valence-corrected chi connectivity index (χ2v) is 5.41. The SMILES string of the molecule is CCNCC1CCN(c2n[nH]c(C(C)C)n2)CC1. The average molecular weight is 251 g/mol. The largest absolute Gasteiger partial charge is 0.340 e. The van der Waals surface area contributed by atoms with E-state index in [-0.39, 0.29) is 0 Å². The first-order valence-electron chi connectivity index (χ1n) is 7.08. The lowest BCUT2D eigenvalue weighted by Crippen LogP contribution is -2.37. The average Bonchev–Trinajstić information content (AvgIpc) is 2.87. The number of rotatable bonds is 5. The highest BCUT2D eigenvalue weighted by Crippen LogP contribution is 2.21. The molecule has 1 saturated heterocycles. The number of hydrogen-bond acceptors (Lipinski definition) is 4. The molecule has 1 fully saturated rings. The smallest absolute Gasteiger partial charge is 0.244 e. The van der Waals surface area contributed by atoms with Gasteiger partial charge in [-0.05, 0) is 31.8 Å². The number of hydrogen-bond donors (Lipinski definition) is 2. The van der Waals surface area contributed by atoms with Gasteiger partial charge < -0.3 is 10.2 Å². The molecule has 1 aliphatic heterocycles. The van der Waals surface area contributed by atoms with Crippen molar-refractivity contribution in [3.63, 3.8) is 0 Å². The maximum atomic E-state index is 4.56. The summed E-state index contributed by atoms with van der Waals surface area (Å²) in [4.78, 5) is 6.86. The van der Waals surface area contributed by atoms with Crippen LogP contribution in [0.5, 0.6) is 0 Å². The predicted octanol–water partition coefficient (Wildman–Crippen LogP) is 1.75. The highest BCUT2D eigenvalue weighted by molar-refractivity contribution is 5.29. The number of anilines is 1. The number of aromatic amines is 1. The summed E-state index contributed by atoms with van der Waals surface area (Å²) in [5.74, 6) is 3.09. The molecule has 2 heterocycles. The normalized spacial score (nSPS) is 17.7. The van der Waals surface area contributed by atoms with Crippen LogP contribution in [-0.4, -0.2) is 41.4 Å². The third-order valence-corrected chi connectivity index (χ3v) is 3.62. The van der Waals surface area contributed by atoms with E-state index in [0.29, 0.717) is 5.92 Å². The van der Waals surface area contributed by atoms with E-state index in [4.69, 9.17) is 0 Å². The molecule has 1 aliphatic rings. The fourth-order valence-electron chi connectivity index (χ4n) is 2.35. The summed E-state index contributed by atoms with van der Waals surface area (Å²) in [6.07, 6.45) is 2.47. The molecule has 0 amide bonds. The highest BCUT2D eigenvalue weighted by Gasteiger charge is 2.21. The molecule has 0 saturated carbocycles. The molecule has 0 aliphatic carbocycles. The number of H-pyrrole nitrogens is 1. The molecule has 2 N–H and O–H groups in total. The van der Waals surface area contributed by atoms with Crippen LogP contribution in [0.2, 0.25) is 0 Å². The van der Waals surface area contributed by atoms with E-state index in [2.05, 4.69) is 46.2 Å². The summed E-state index contributed by atoms with van der Waals surface area (Å²) >= 11 is 0. The molecule has 0 spiro atoms. The highest BCUT2D eigenvalue weighted by atomic mass is 15.4. The third kappa shape index (κ3) is 3.22. The fourth-order valence-corrected chi connectivity index (χ4v) is 2.35. The van der Waals surface area contributed by atoms with Crippen molar-refractivity contribution in [3.05, 3.63) is 5.82 Å². The summed E-state index contributed by atoms with van der Waals surface area (Å²) in [7, 11) is 0. The lowest BCUT2D eigenvalue weighted by atomic mass is 9.97. The minimum atomic E-state index is 0.414. The Balaban J connectivity index is 1.85. The molecule has 0 aromatic carbocycles. The van der Waals surface area contributed by atoms with Gasteiger partial charge in [0.05, 0.1) is 0 Å². The van der Waals surface area contributed by atoms with Crippen LogP contribution in [0.25, 0.3) is 0 Å². The van der Waals surface area contributed by atoms with Crippen molar-refractivity contribution in [2.24, 2.45) is 5.92 Å². The topological polar surface area (TPSA) is 56.8 Å². The Hall–Kier alpha value is -1.10. The van der Waals surface area contributed by atoms with E-state index in [0.717, 1.165) is 43.9 Å². The van der Waals surface area contributed by atoms with E-state index < -0.39 is 0 Å². The van der Waals surface area contributed by atoms with Crippen molar-refractivity contribution in [3.8, 4) is 0 Å². The van der Waals surface area contributed by atoms with Crippen molar-refractivity contribution in [2.75, 3.05) is 31.1 Å². The molecule has 0 bridgehead atoms. The summed E-state index contributed by atoms with van der Waals surface area (Å²) in [5, 5.41) is 10.8. The van der Waals surface area contributed by atoms with Crippen molar-refractivity contribution in [1.82, 2.24) is 20.5 Å². The first kappa shape index (κ1) is 13.3. The Morgan fingerprint density at radius 3 is 2.67 bits per heavy atom. The van der Waals surface area contributed by atoms with Crippen LogP contribution < -0.4 is 10.2 Å². The first-order chi connectivity index (χ1) is 8.70. The van der Waals surface area contributed by atoms with Crippen molar-refractivity contribution in [1.29, 1.82) is 0 Å². The Kier molecular flexibility index (Phi) is 4.58. The molecular weight excluding hydrogens is 226 g/mol. The summed E-state index contributed by atoms with van der Waals surface area (Å²) < 4.78 is 0. The third-order valence-electron chi connectivity index (χ3n) is 3.62. The van der Waals surface area contributed by atoms with Gasteiger partial charge in [-0.1, -0.05) is 20.8 Å². The molecule has 1 aromatic heterocycles. The maximum Gasteiger partial charge on any atom is 0.244 e. The van der Waals surface area contributed by atoms with Gasteiger partial charge >= 0.3 is 0 Å². The maximum absolute atomic E-state index is 4.56. The first-order valence-corrected chi connectivity index (χ1v) is 7.08. The van der Waals surface area contributed by atoms with Crippen LogP contribution in [0.4, 0.5) is 5.95 Å². The van der Waals surface area contributed by atoms with E-state index >= 15 is 0 Å². The molecule has 102 valence electrons. The molecule has 1 aromatic rings. The van der Waals surface area contributed by atoms with Gasteiger partial charge in [-0.3, -0.25) is 5.10 Å². The predicted molar refractivity (Wildman–Crippen MR) is 74.0 cm³/mol. The van der Waals surface area contributed by atoms with E-state index in [1.54, 1.807) is 0 Å². The standard InChI is InChI=1S/C13H25N5/c1-4-14-9-11-5-7-18(8-6-11)13-15-12(10(2)3)16-17-13/h10-11,14H,4-9H2,1-3H3,(H,15,16,17). The van der Waals surface area contributed by atoms with E-state index in [1.807, 2.05) is 0 Å². The summed E-state index contributed by atoms with van der Waals surface area (Å²) in [5.41, 5.74) is 0. The number of piperidine rings is 1. The van der Waals surface area contributed by atoms with Crippen LogP contribution in [0, 0.1) is 5.92 Å². The van der Waals surface area contributed by atoms with Crippen molar-refractivity contribution in [2.45, 2.75) is 39.5 Å². The van der Waals surface area contributed by atoms with Crippen LogP contribution in [0.3, 0.4) is 0 Å². The second-order valence-electron chi connectivity index (χ2n) is 5.41. The van der Waals surface area contributed by atoms with Gasteiger partial charge in [0.1, 0.15) is 5.82 Å². The molecule has 5 heteroatoms. The molecule has 0 unspecified atom stereocenters. The van der Waals surface area contributed by atoms with Crippen LogP contribution in [0.15, 0.2) is 0 Å². The molecule has 0 atom stereocenters. The van der Waals surface area contributed by atoms with Crippen LogP contribution >= 0.6 is 0 Å². The lowest BCUT2D eigenvalue weighted by molar-refractivity contribution is 0.384. The zero-order valence-electron chi connectivity index (χ0n) is 11.7. The fraction of sp³-hybridized carbons (Fsp3) is 0.846. The Labute approximate surface area is 109 Å². The molecule has 0 radical (unpaired) electrons. The number of nitrogens with zero attached hydrogens (tertiary/aromatic N) is 3. The van der Waals surface area contributed by atoms with Gasteiger partial charge in [0.15, 0.2) is 0 Å². The molecular formula is C13H25N5. The van der Waals surface area contributed by atoms with Gasteiger partial charge in [0.2, 0.25) is 5.95 Å². The Morgan fingerprint density at radius 2 is 2.11 bits per heavy atom. The van der Waals surface area contributed by atoms with E-state index in [9.17, 15) is 0 Å². The Morgan fingerprint density at radius 1 is 1.39 bits per heavy atom. The van der Waals surface area contributed by atoms with Gasteiger partial charge in [-0.2, -0.15) is 4.98 Å². The second kappa shape index (κ2) is 6.18. The van der Waals surface area contributed by atoms with Gasteiger partial charge in [-0.15, -0.1) is 5.10 Å². The minimum Gasteiger partial charge on any atom is -0.340 e. The minimum absolute atomic E-state index is 0.414. The number of nitrogens with one attached hydrogen (secondary N) is 2. The van der Waals surface area contributed by atoms with Crippen LogP contribution in [-0.2, 0) is 0 Å². The monoisotopic (exact) mass is 251 g/mol. The molecule has 18 heavy (non-hydrogen) atoms. The summed E-state index contributed by atoms with van der Waals surface area (Å²) in [6.45, 7) is 10.8. The molecule has 5 nitrogen and oxygen atoms in total. The molecule has 2 rings (SSSR count). The number of aromatic nitrogens is 3. The van der Waals surface area contributed by atoms with Crippen molar-refractivity contribution < 1.29 is 0 Å². The summed E-state index contributed by atoms with van der Waals surface area (Å²) in [6, 6.07) is 0. The van der Waals surface area contributed by atoms with Gasteiger partial charge in [0.25, 0.3) is 0 Å². The lowest BCUT2D eigenvalue weighted by Gasteiger charge is -2.31. The van der Waals surface area contributed by atoms with Gasteiger partial charge in [0, 0.05) is 19.0 Å². The Bertz CT molecular complexity index is 352. The van der Waals surface area contributed by atoms with Crippen molar-refractivity contribution >= 4 is 5.95 Å². The van der Waals surface area contributed by atoms with E-state index in [1.165, 1.54) is 12.8 Å². The zero-order valence-corrected chi connectivity index (χ0v) is 11.7.